The number of carboxylic acid groups (broad SMARTS) is 1. The van der Waals surface area contributed by atoms with Gasteiger partial charge in [0.1, 0.15) is 0 Å². The molecule has 4 nitrogen and oxygen atoms in total. The third-order valence-electron chi connectivity index (χ3n) is 1.87. The molecule has 1 heterocycles. The highest BCUT2D eigenvalue weighted by Crippen LogP contribution is 2.26. The van der Waals surface area contributed by atoms with Crippen molar-refractivity contribution in [2.45, 2.75) is 6.42 Å². The maximum Gasteiger partial charge on any atom is 0.309 e. The molecule has 14 heavy (non-hydrogen) atoms. The Kier molecular flexibility index (Phi) is 2.13. The molecule has 0 fully saturated rings. The average Bonchev–Trinajstić information content (AvgIpc) is 2.47. The summed E-state index contributed by atoms with van der Waals surface area (Å²) in [6.45, 7) is 0. The van der Waals surface area contributed by atoms with Crippen molar-refractivity contribution < 1.29 is 9.90 Å². The van der Waals surface area contributed by atoms with Crippen LogP contribution in [0.25, 0.3) is 0 Å². The molecule has 71 valence electrons. The number of hydrogen-bond acceptors (Lipinski definition) is 2. The number of benzene rings is 1. The number of rotatable bonds is 2. The van der Waals surface area contributed by atoms with Crippen LogP contribution in [0, 0.1) is 0 Å². The van der Waals surface area contributed by atoms with Crippen LogP contribution in [0.1, 0.15) is 12.0 Å². The second-order valence-corrected chi connectivity index (χ2v) is 3.32. The van der Waals surface area contributed by atoms with Crippen LogP contribution in [0.15, 0.2) is 23.3 Å². The molecule has 0 aliphatic carbocycles. The van der Waals surface area contributed by atoms with Crippen LogP contribution in [0.2, 0.25) is 5.02 Å². The molecular formula is C9H6ClN2O2. The van der Waals surface area contributed by atoms with E-state index in [9.17, 15) is 4.79 Å². The fraction of sp³-hybridized carbons (Fsp3) is 0.111. The van der Waals surface area contributed by atoms with Crippen molar-refractivity contribution in [2.24, 2.45) is 5.10 Å². The van der Waals surface area contributed by atoms with Crippen molar-refractivity contribution in [1.29, 1.82) is 0 Å². The maximum atomic E-state index is 10.5. The van der Waals surface area contributed by atoms with Crippen molar-refractivity contribution in [3.63, 3.8) is 0 Å². The molecule has 0 unspecified atom stereocenters. The van der Waals surface area contributed by atoms with E-state index in [0.717, 1.165) is 5.56 Å². The Morgan fingerprint density at radius 3 is 3.00 bits per heavy atom. The van der Waals surface area contributed by atoms with E-state index in [1.54, 1.807) is 18.2 Å². The van der Waals surface area contributed by atoms with Gasteiger partial charge in [0.25, 0.3) is 0 Å². The minimum atomic E-state index is -0.915. The lowest BCUT2D eigenvalue weighted by Crippen LogP contribution is -2.05. The molecule has 0 spiro atoms. The molecule has 0 amide bonds. The first-order valence-corrected chi connectivity index (χ1v) is 4.34. The van der Waals surface area contributed by atoms with Crippen LogP contribution in [0.5, 0.6) is 0 Å². The molecule has 0 aromatic heterocycles. The fourth-order valence-electron chi connectivity index (χ4n) is 1.27. The largest absolute Gasteiger partial charge is 0.481 e. The zero-order valence-corrected chi connectivity index (χ0v) is 7.82. The molecule has 5 heteroatoms. The van der Waals surface area contributed by atoms with Crippen LogP contribution >= 0.6 is 11.6 Å². The normalized spacial score (nSPS) is 13.1. The molecule has 0 atom stereocenters. The number of carboxylic acids is 1. The lowest BCUT2D eigenvalue weighted by molar-refractivity contribution is -0.135. The molecule has 0 saturated carbocycles. The second kappa shape index (κ2) is 3.31. The van der Waals surface area contributed by atoms with E-state index in [2.05, 4.69) is 10.5 Å². The monoisotopic (exact) mass is 209 g/mol. The molecule has 0 bridgehead atoms. The van der Waals surface area contributed by atoms with Gasteiger partial charge >= 0.3 is 5.97 Å². The molecule has 1 aliphatic heterocycles. The van der Waals surface area contributed by atoms with Crippen molar-refractivity contribution in [2.75, 3.05) is 0 Å². The number of nitrogens with zero attached hydrogens (tertiary/aromatic N) is 2. The molecule has 1 aromatic carbocycles. The van der Waals surface area contributed by atoms with Crippen LogP contribution in [0.3, 0.4) is 0 Å². The number of fused-ring (bicyclic) bond motifs is 1. The number of halogens is 1. The SMILES string of the molecule is O=C(O)CC1=N[N]c2cc(Cl)ccc21. The summed E-state index contributed by atoms with van der Waals surface area (Å²) in [5.74, 6) is -0.915. The minimum Gasteiger partial charge on any atom is -0.481 e. The Labute approximate surface area is 85.2 Å². The summed E-state index contributed by atoms with van der Waals surface area (Å²) in [7, 11) is 0. The molecule has 1 aromatic rings. The topological polar surface area (TPSA) is 63.8 Å². The standard InChI is InChI=1S/C9H6ClN2O2/c10-5-1-2-6-7(3-5)11-12-8(6)4-9(13)14/h1-3H,4H2,(H,13,14). The maximum absolute atomic E-state index is 10.5. The van der Waals surface area contributed by atoms with E-state index in [-0.39, 0.29) is 6.42 Å². The van der Waals surface area contributed by atoms with Crippen LogP contribution < -0.4 is 5.43 Å². The van der Waals surface area contributed by atoms with Crippen LogP contribution in [-0.4, -0.2) is 16.8 Å². The van der Waals surface area contributed by atoms with Gasteiger partial charge in [-0.3, -0.25) is 4.79 Å². The lowest BCUT2D eigenvalue weighted by Gasteiger charge is -1.98. The van der Waals surface area contributed by atoms with Gasteiger partial charge in [-0.2, -0.15) is 10.5 Å². The van der Waals surface area contributed by atoms with Crippen LogP contribution in [-0.2, 0) is 4.79 Å². The Morgan fingerprint density at radius 1 is 1.50 bits per heavy atom. The Hall–Kier alpha value is -1.55. The first kappa shape index (κ1) is 9.02. The number of hydrogen-bond donors (Lipinski definition) is 1. The molecule has 1 aliphatic rings. The van der Waals surface area contributed by atoms with E-state index in [0.29, 0.717) is 16.4 Å². The number of carbonyl (C=O) groups is 1. The summed E-state index contributed by atoms with van der Waals surface area (Å²) in [6.07, 6.45) is -0.113. The predicted molar refractivity (Wildman–Crippen MR) is 52.0 cm³/mol. The zero-order chi connectivity index (χ0) is 10.1. The Morgan fingerprint density at radius 2 is 2.29 bits per heavy atom. The summed E-state index contributed by atoms with van der Waals surface area (Å²) in [5, 5.41) is 13.0. The molecular weight excluding hydrogens is 204 g/mol. The molecule has 2 rings (SSSR count). The molecule has 0 saturated heterocycles. The fourth-order valence-corrected chi connectivity index (χ4v) is 1.44. The van der Waals surface area contributed by atoms with Gasteiger partial charge in [0.2, 0.25) is 0 Å². The minimum absolute atomic E-state index is 0.113. The van der Waals surface area contributed by atoms with Crippen molar-refractivity contribution >= 4 is 29.0 Å². The third-order valence-corrected chi connectivity index (χ3v) is 2.10. The number of aliphatic carboxylic acids is 1. The first-order valence-electron chi connectivity index (χ1n) is 3.96. The first-order chi connectivity index (χ1) is 6.66. The highest BCUT2D eigenvalue weighted by molar-refractivity contribution is 6.31. The van der Waals surface area contributed by atoms with Crippen molar-refractivity contribution in [3.8, 4) is 0 Å². The highest BCUT2D eigenvalue weighted by Gasteiger charge is 2.19. The summed E-state index contributed by atoms with van der Waals surface area (Å²) in [4.78, 5) is 10.5. The van der Waals surface area contributed by atoms with Gasteiger partial charge < -0.3 is 5.11 Å². The van der Waals surface area contributed by atoms with Gasteiger partial charge in [0.15, 0.2) is 0 Å². The quantitative estimate of drug-likeness (QED) is 0.807. The van der Waals surface area contributed by atoms with Crippen molar-refractivity contribution in [3.05, 3.63) is 28.8 Å². The molecule has 1 radical (unpaired) electrons. The van der Waals surface area contributed by atoms with Gasteiger partial charge in [0.05, 0.1) is 17.8 Å². The summed E-state index contributed by atoms with van der Waals surface area (Å²) in [5.41, 5.74) is 5.69. The Balaban J connectivity index is 2.32. The average molecular weight is 210 g/mol. The summed E-state index contributed by atoms with van der Waals surface area (Å²) < 4.78 is 0. The summed E-state index contributed by atoms with van der Waals surface area (Å²) >= 11 is 5.75. The van der Waals surface area contributed by atoms with Gasteiger partial charge in [-0.05, 0) is 18.2 Å². The van der Waals surface area contributed by atoms with Gasteiger partial charge in [-0.25, -0.2) is 0 Å². The van der Waals surface area contributed by atoms with Gasteiger partial charge in [-0.15, -0.1) is 0 Å². The smallest absolute Gasteiger partial charge is 0.309 e. The Bertz CT molecular complexity index is 429. The second-order valence-electron chi connectivity index (χ2n) is 2.88. The van der Waals surface area contributed by atoms with E-state index in [1.165, 1.54) is 0 Å². The van der Waals surface area contributed by atoms with Gasteiger partial charge in [0, 0.05) is 10.6 Å². The van der Waals surface area contributed by atoms with Gasteiger partial charge in [-0.1, -0.05) is 11.6 Å². The predicted octanol–water partition coefficient (Wildman–Crippen LogP) is 1.77. The van der Waals surface area contributed by atoms with Crippen molar-refractivity contribution in [1.82, 2.24) is 5.43 Å². The van der Waals surface area contributed by atoms with E-state index in [4.69, 9.17) is 16.7 Å². The highest BCUT2D eigenvalue weighted by atomic mass is 35.5. The lowest BCUT2D eigenvalue weighted by atomic mass is 10.1. The van der Waals surface area contributed by atoms with E-state index in [1.807, 2.05) is 0 Å². The van der Waals surface area contributed by atoms with E-state index < -0.39 is 5.97 Å². The zero-order valence-electron chi connectivity index (χ0n) is 7.07. The van der Waals surface area contributed by atoms with Crippen LogP contribution in [0.4, 0.5) is 5.69 Å². The summed E-state index contributed by atoms with van der Waals surface area (Å²) in [6, 6.07) is 5.09. The van der Waals surface area contributed by atoms with E-state index >= 15 is 0 Å². The third kappa shape index (κ3) is 1.56. The molecule has 1 N–H and O–H groups in total.